The van der Waals surface area contributed by atoms with E-state index >= 15 is 0 Å². The standard InChI is InChI=1S/C19H18S/c1-14(2)15-8-10-16(11-9-15)18-12-19(20-13-18)17-6-4-3-5-7-17/h3-14H,1-2H3. The molecule has 20 heavy (non-hydrogen) atoms. The molecule has 0 N–H and O–H groups in total. The molecule has 0 nitrogen and oxygen atoms in total. The SMILES string of the molecule is CC(C)c1ccc(-c2csc(-c3ccccc3)c2)cc1. The smallest absolute Gasteiger partial charge is 0.0349 e. The number of thiophene rings is 1. The summed E-state index contributed by atoms with van der Waals surface area (Å²) in [5, 5.41) is 2.24. The predicted molar refractivity (Wildman–Crippen MR) is 89.3 cm³/mol. The minimum atomic E-state index is 0.589. The van der Waals surface area contributed by atoms with Crippen LogP contribution in [0.5, 0.6) is 0 Å². The predicted octanol–water partition coefficient (Wildman–Crippen LogP) is 6.21. The Morgan fingerprint density at radius 1 is 0.750 bits per heavy atom. The van der Waals surface area contributed by atoms with Crippen LogP contribution < -0.4 is 0 Å². The molecule has 1 heterocycles. The molecule has 0 radical (unpaired) electrons. The van der Waals surface area contributed by atoms with Gasteiger partial charge >= 0.3 is 0 Å². The van der Waals surface area contributed by atoms with Crippen molar-refractivity contribution in [3.8, 4) is 21.6 Å². The number of rotatable bonds is 3. The van der Waals surface area contributed by atoms with Crippen molar-refractivity contribution in [2.45, 2.75) is 19.8 Å². The second-order valence-corrected chi connectivity index (χ2v) is 6.25. The summed E-state index contributed by atoms with van der Waals surface area (Å²) in [5.41, 5.74) is 5.30. The maximum atomic E-state index is 2.28. The van der Waals surface area contributed by atoms with Gasteiger partial charge in [0.15, 0.2) is 0 Å². The molecule has 0 aliphatic heterocycles. The molecule has 0 bridgehead atoms. The Bertz CT molecular complexity index is 675. The molecule has 0 atom stereocenters. The van der Waals surface area contributed by atoms with Crippen molar-refractivity contribution in [2.75, 3.05) is 0 Å². The van der Waals surface area contributed by atoms with Gasteiger partial charge < -0.3 is 0 Å². The van der Waals surface area contributed by atoms with Crippen LogP contribution in [0, 0.1) is 0 Å². The van der Waals surface area contributed by atoms with E-state index in [1.165, 1.54) is 27.1 Å². The summed E-state index contributed by atoms with van der Waals surface area (Å²) in [6, 6.07) is 21.8. The lowest BCUT2D eigenvalue weighted by atomic mass is 10.00. The summed E-state index contributed by atoms with van der Waals surface area (Å²) in [6.45, 7) is 4.46. The van der Waals surface area contributed by atoms with Gasteiger partial charge in [-0.25, -0.2) is 0 Å². The van der Waals surface area contributed by atoms with E-state index in [0.717, 1.165) is 0 Å². The van der Waals surface area contributed by atoms with Crippen LogP contribution in [-0.4, -0.2) is 0 Å². The van der Waals surface area contributed by atoms with E-state index in [0.29, 0.717) is 5.92 Å². The van der Waals surface area contributed by atoms with Crippen molar-refractivity contribution >= 4 is 11.3 Å². The van der Waals surface area contributed by atoms with E-state index in [4.69, 9.17) is 0 Å². The lowest BCUT2D eigenvalue weighted by Gasteiger charge is -2.05. The van der Waals surface area contributed by atoms with E-state index in [9.17, 15) is 0 Å². The lowest BCUT2D eigenvalue weighted by molar-refractivity contribution is 0.867. The summed E-state index contributed by atoms with van der Waals surface area (Å²) in [7, 11) is 0. The Morgan fingerprint density at radius 3 is 2.10 bits per heavy atom. The molecule has 1 aromatic heterocycles. The van der Waals surface area contributed by atoms with E-state index in [2.05, 4.69) is 79.9 Å². The molecule has 1 heteroatoms. The molecule has 3 aromatic rings. The zero-order chi connectivity index (χ0) is 13.9. The first-order chi connectivity index (χ1) is 9.74. The lowest BCUT2D eigenvalue weighted by Crippen LogP contribution is -1.85. The Labute approximate surface area is 124 Å². The van der Waals surface area contributed by atoms with Gasteiger partial charge in [0.25, 0.3) is 0 Å². The fraction of sp³-hybridized carbons (Fsp3) is 0.158. The van der Waals surface area contributed by atoms with Crippen LogP contribution in [0.3, 0.4) is 0 Å². The Hall–Kier alpha value is -1.86. The largest absolute Gasteiger partial charge is 0.143 e. The highest BCUT2D eigenvalue weighted by molar-refractivity contribution is 7.14. The zero-order valence-corrected chi connectivity index (χ0v) is 12.7. The maximum Gasteiger partial charge on any atom is 0.0349 e. The third-order valence-electron chi connectivity index (χ3n) is 3.57. The van der Waals surface area contributed by atoms with Crippen molar-refractivity contribution in [1.29, 1.82) is 0 Å². The molecule has 3 rings (SSSR count). The first-order valence-corrected chi connectivity index (χ1v) is 7.86. The average Bonchev–Trinajstić information content (AvgIpc) is 2.98. The minimum Gasteiger partial charge on any atom is -0.143 e. The van der Waals surface area contributed by atoms with E-state index in [1.54, 1.807) is 0 Å². The third kappa shape index (κ3) is 2.68. The normalized spacial score (nSPS) is 10.9. The molecule has 0 fully saturated rings. The quantitative estimate of drug-likeness (QED) is 0.534. The highest BCUT2D eigenvalue weighted by Gasteiger charge is 2.05. The van der Waals surface area contributed by atoms with Crippen LogP contribution in [0.1, 0.15) is 25.3 Å². The molecule has 0 amide bonds. The molecular weight excluding hydrogens is 260 g/mol. The Balaban J connectivity index is 1.90. The van der Waals surface area contributed by atoms with Crippen molar-refractivity contribution in [3.63, 3.8) is 0 Å². The zero-order valence-electron chi connectivity index (χ0n) is 11.8. The topological polar surface area (TPSA) is 0 Å². The van der Waals surface area contributed by atoms with Crippen LogP contribution in [-0.2, 0) is 0 Å². The molecule has 2 aromatic carbocycles. The van der Waals surface area contributed by atoms with Crippen LogP contribution in [0.4, 0.5) is 0 Å². The average molecular weight is 278 g/mol. The first-order valence-electron chi connectivity index (χ1n) is 6.98. The minimum absolute atomic E-state index is 0.589. The van der Waals surface area contributed by atoms with Gasteiger partial charge in [-0.3, -0.25) is 0 Å². The van der Waals surface area contributed by atoms with Gasteiger partial charge in [0.05, 0.1) is 0 Å². The number of benzene rings is 2. The Morgan fingerprint density at radius 2 is 1.45 bits per heavy atom. The summed E-state index contributed by atoms with van der Waals surface area (Å²) in [5.74, 6) is 0.589. The van der Waals surface area contributed by atoms with Gasteiger partial charge in [0.1, 0.15) is 0 Å². The summed E-state index contributed by atoms with van der Waals surface area (Å²) in [4.78, 5) is 1.33. The fourth-order valence-electron chi connectivity index (χ4n) is 2.30. The molecule has 0 unspecified atom stereocenters. The van der Waals surface area contributed by atoms with Crippen LogP contribution >= 0.6 is 11.3 Å². The summed E-state index contributed by atoms with van der Waals surface area (Å²) < 4.78 is 0. The van der Waals surface area contributed by atoms with Crippen molar-refractivity contribution < 1.29 is 0 Å². The van der Waals surface area contributed by atoms with Crippen LogP contribution in [0.15, 0.2) is 66.0 Å². The second-order valence-electron chi connectivity index (χ2n) is 5.34. The molecule has 100 valence electrons. The van der Waals surface area contributed by atoms with Gasteiger partial charge in [0.2, 0.25) is 0 Å². The Kier molecular flexibility index (Phi) is 3.70. The van der Waals surface area contributed by atoms with Crippen molar-refractivity contribution in [2.24, 2.45) is 0 Å². The molecule has 0 spiro atoms. The van der Waals surface area contributed by atoms with E-state index in [1.807, 2.05) is 11.3 Å². The fourth-order valence-corrected chi connectivity index (χ4v) is 3.23. The number of hydrogen-bond acceptors (Lipinski definition) is 1. The highest BCUT2D eigenvalue weighted by Crippen LogP contribution is 2.32. The van der Waals surface area contributed by atoms with Crippen molar-refractivity contribution in [1.82, 2.24) is 0 Å². The maximum absolute atomic E-state index is 2.28. The molecule has 0 aliphatic carbocycles. The molecule has 0 saturated carbocycles. The van der Waals surface area contributed by atoms with Gasteiger partial charge in [-0.15, -0.1) is 11.3 Å². The van der Waals surface area contributed by atoms with Crippen molar-refractivity contribution in [3.05, 3.63) is 71.6 Å². The number of hydrogen-bond donors (Lipinski definition) is 0. The molecule has 0 saturated heterocycles. The van der Waals surface area contributed by atoms with E-state index < -0.39 is 0 Å². The molecular formula is C19H18S. The monoisotopic (exact) mass is 278 g/mol. The second kappa shape index (κ2) is 5.64. The third-order valence-corrected chi connectivity index (χ3v) is 4.55. The van der Waals surface area contributed by atoms with Gasteiger partial charge in [-0.2, -0.15) is 0 Å². The van der Waals surface area contributed by atoms with Gasteiger partial charge in [0, 0.05) is 4.88 Å². The van der Waals surface area contributed by atoms with Gasteiger partial charge in [-0.05, 0) is 39.6 Å². The highest BCUT2D eigenvalue weighted by atomic mass is 32.1. The summed E-state index contributed by atoms with van der Waals surface area (Å²) in [6.07, 6.45) is 0. The molecule has 0 aliphatic rings. The van der Waals surface area contributed by atoms with Crippen LogP contribution in [0.2, 0.25) is 0 Å². The first kappa shape index (κ1) is 13.1. The van der Waals surface area contributed by atoms with E-state index in [-0.39, 0.29) is 0 Å². The van der Waals surface area contributed by atoms with Gasteiger partial charge in [-0.1, -0.05) is 68.4 Å². The van der Waals surface area contributed by atoms with Crippen LogP contribution in [0.25, 0.3) is 21.6 Å². The summed E-state index contributed by atoms with van der Waals surface area (Å²) >= 11 is 1.81.